The number of aliphatic hydroxyl groups excluding tert-OH is 1. The van der Waals surface area contributed by atoms with Crippen LogP contribution in [-0.2, 0) is 4.79 Å². The maximum absolute atomic E-state index is 11.7. The second-order valence-electron chi connectivity index (χ2n) is 4.17. The lowest BCUT2D eigenvalue weighted by atomic mass is 10.0. The zero-order valence-electron chi connectivity index (χ0n) is 10.9. The van der Waals surface area contributed by atoms with E-state index in [-0.39, 0.29) is 17.1 Å². The minimum absolute atomic E-state index is 0.0664. The van der Waals surface area contributed by atoms with Gasteiger partial charge in [0, 0.05) is 12.1 Å². The molecule has 0 bridgehead atoms. The van der Waals surface area contributed by atoms with Crippen LogP contribution in [0.4, 0.5) is 0 Å². The van der Waals surface area contributed by atoms with E-state index in [0.29, 0.717) is 30.2 Å². The fraction of sp³-hybridized carbons (Fsp3) is 0.286. The minimum atomic E-state index is -0.221. The molecule has 100 valence electrons. The molecule has 5 heteroatoms. The minimum Gasteiger partial charge on any atom is -0.506 e. The van der Waals surface area contributed by atoms with Crippen molar-refractivity contribution in [3.63, 3.8) is 0 Å². The van der Waals surface area contributed by atoms with Gasteiger partial charge < -0.3 is 15.2 Å². The van der Waals surface area contributed by atoms with Gasteiger partial charge in [-0.1, -0.05) is 0 Å². The molecular formula is C14H16N2O3. The van der Waals surface area contributed by atoms with Gasteiger partial charge in [-0.15, -0.1) is 0 Å². The number of hydrogen-bond acceptors (Lipinski definition) is 5. The molecule has 5 nitrogen and oxygen atoms in total. The van der Waals surface area contributed by atoms with Gasteiger partial charge in [-0.25, -0.2) is 0 Å². The molecule has 0 spiro atoms. The molecule has 0 aromatic heterocycles. The van der Waals surface area contributed by atoms with Crippen LogP contribution in [-0.4, -0.2) is 36.9 Å². The molecule has 0 radical (unpaired) electrons. The fourth-order valence-electron chi connectivity index (χ4n) is 1.90. The lowest BCUT2D eigenvalue weighted by Gasteiger charge is -2.09. The second-order valence-corrected chi connectivity index (χ2v) is 4.17. The highest BCUT2D eigenvalue weighted by Crippen LogP contribution is 2.21. The number of carbonyl (C=O) groups excluding carboxylic acids is 1. The van der Waals surface area contributed by atoms with Crippen LogP contribution in [0, 0.1) is 0 Å². The molecule has 0 atom stereocenters. The lowest BCUT2D eigenvalue weighted by molar-refractivity contribution is -0.113. The maximum Gasteiger partial charge on any atom is 0.167 e. The standard InChI is InChI=1S/C14H16N2O3/c1-9(17)12(14-15-7-8-16-14)13(18)10-3-5-11(19-2)6-4-10/h3-6,18H,7-8H2,1-2H3,(H,15,16)/b13-12-. The topological polar surface area (TPSA) is 70.9 Å². The summed E-state index contributed by atoms with van der Waals surface area (Å²) in [6.07, 6.45) is 0. The summed E-state index contributed by atoms with van der Waals surface area (Å²) in [4.78, 5) is 15.9. The first-order valence-corrected chi connectivity index (χ1v) is 6.00. The van der Waals surface area contributed by atoms with Crippen molar-refractivity contribution >= 4 is 17.4 Å². The Morgan fingerprint density at radius 3 is 2.53 bits per heavy atom. The van der Waals surface area contributed by atoms with E-state index >= 15 is 0 Å². The van der Waals surface area contributed by atoms with Crippen LogP contribution in [0.5, 0.6) is 5.75 Å². The van der Waals surface area contributed by atoms with Gasteiger partial charge in [-0.05, 0) is 31.2 Å². The average molecular weight is 260 g/mol. The largest absolute Gasteiger partial charge is 0.506 e. The summed E-state index contributed by atoms with van der Waals surface area (Å²) in [5.41, 5.74) is 0.782. The van der Waals surface area contributed by atoms with Crippen molar-refractivity contribution in [2.75, 3.05) is 20.2 Å². The number of ether oxygens (including phenoxy) is 1. The molecule has 0 amide bonds. The lowest BCUT2D eigenvalue weighted by Crippen LogP contribution is -2.25. The van der Waals surface area contributed by atoms with Gasteiger partial charge in [-0.3, -0.25) is 9.79 Å². The molecular weight excluding hydrogens is 244 g/mol. The van der Waals surface area contributed by atoms with Crippen molar-refractivity contribution in [3.05, 3.63) is 35.4 Å². The Bertz CT molecular complexity index is 544. The summed E-state index contributed by atoms with van der Waals surface area (Å²) in [7, 11) is 1.57. The molecule has 1 aromatic rings. The molecule has 0 saturated carbocycles. The van der Waals surface area contributed by atoms with Gasteiger partial charge in [0.2, 0.25) is 0 Å². The molecule has 1 aromatic carbocycles. The van der Waals surface area contributed by atoms with Crippen molar-refractivity contribution in [1.82, 2.24) is 5.32 Å². The molecule has 1 aliphatic heterocycles. The van der Waals surface area contributed by atoms with Crippen LogP contribution < -0.4 is 10.1 Å². The number of amidine groups is 1. The van der Waals surface area contributed by atoms with Crippen molar-refractivity contribution in [2.45, 2.75) is 6.92 Å². The van der Waals surface area contributed by atoms with Gasteiger partial charge in [-0.2, -0.15) is 0 Å². The van der Waals surface area contributed by atoms with E-state index in [1.165, 1.54) is 6.92 Å². The van der Waals surface area contributed by atoms with Crippen LogP contribution in [0.25, 0.3) is 5.76 Å². The quantitative estimate of drug-likeness (QED) is 0.636. The number of benzene rings is 1. The summed E-state index contributed by atoms with van der Waals surface area (Å²) in [6.45, 7) is 2.71. The number of Topliss-reactive ketones (excluding diaryl/α,β-unsaturated/α-hetero) is 1. The van der Waals surface area contributed by atoms with Crippen molar-refractivity contribution in [1.29, 1.82) is 0 Å². The Kier molecular flexibility index (Phi) is 3.85. The van der Waals surface area contributed by atoms with Crippen LogP contribution in [0.15, 0.2) is 34.8 Å². The van der Waals surface area contributed by atoms with Crippen LogP contribution in [0.1, 0.15) is 12.5 Å². The zero-order valence-corrected chi connectivity index (χ0v) is 10.9. The Labute approximate surface area is 111 Å². The number of methoxy groups -OCH3 is 1. The average Bonchev–Trinajstić information content (AvgIpc) is 2.92. The normalized spacial score (nSPS) is 15.4. The predicted molar refractivity (Wildman–Crippen MR) is 73.5 cm³/mol. The van der Waals surface area contributed by atoms with E-state index in [0.717, 1.165) is 0 Å². The first-order chi connectivity index (χ1) is 9.13. The van der Waals surface area contributed by atoms with Crippen LogP contribution >= 0.6 is 0 Å². The summed E-state index contributed by atoms with van der Waals surface area (Å²) < 4.78 is 5.06. The number of ketones is 1. The fourth-order valence-corrected chi connectivity index (χ4v) is 1.90. The van der Waals surface area contributed by atoms with Crippen molar-refractivity contribution < 1.29 is 14.6 Å². The van der Waals surface area contributed by atoms with Crippen LogP contribution in [0.2, 0.25) is 0 Å². The summed E-state index contributed by atoms with van der Waals surface area (Å²) >= 11 is 0. The molecule has 1 aliphatic rings. The number of rotatable bonds is 4. The zero-order chi connectivity index (χ0) is 13.8. The van der Waals surface area contributed by atoms with Crippen molar-refractivity contribution in [2.24, 2.45) is 4.99 Å². The smallest absolute Gasteiger partial charge is 0.167 e. The number of aliphatic imine (C=N–C) groups is 1. The van der Waals surface area contributed by atoms with E-state index < -0.39 is 0 Å². The van der Waals surface area contributed by atoms with E-state index in [1.807, 2.05) is 0 Å². The Hall–Kier alpha value is -2.30. The number of nitrogens with zero attached hydrogens (tertiary/aromatic N) is 1. The van der Waals surface area contributed by atoms with Crippen LogP contribution in [0.3, 0.4) is 0 Å². The first kappa shape index (κ1) is 13.1. The number of nitrogens with one attached hydrogen (secondary N) is 1. The highest BCUT2D eigenvalue weighted by atomic mass is 16.5. The second kappa shape index (κ2) is 5.56. The molecule has 0 unspecified atom stereocenters. The SMILES string of the molecule is COc1ccc(/C(O)=C(\C(C)=O)C2=NCCN2)cc1. The Morgan fingerprint density at radius 1 is 1.37 bits per heavy atom. The number of aliphatic hydroxyl groups is 1. The third kappa shape index (κ3) is 2.76. The van der Waals surface area contributed by atoms with Crippen molar-refractivity contribution in [3.8, 4) is 5.75 Å². The molecule has 0 fully saturated rings. The van der Waals surface area contributed by atoms with E-state index in [9.17, 15) is 9.90 Å². The van der Waals surface area contributed by atoms with Gasteiger partial charge in [0.15, 0.2) is 5.78 Å². The maximum atomic E-state index is 11.7. The van der Waals surface area contributed by atoms with Gasteiger partial charge in [0.1, 0.15) is 22.9 Å². The molecule has 0 aliphatic carbocycles. The molecule has 2 N–H and O–H groups in total. The predicted octanol–water partition coefficient (Wildman–Crippen LogP) is 1.55. The molecule has 0 saturated heterocycles. The highest BCUT2D eigenvalue weighted by Gasteiger charge is 2.21. The van der Waals surface area contributed by atoms with Gasteiger partial charge in [0.25, 0.3) is 0 Å². The number of carbonyl (C=O) groups is 1. The van der Waals surface area contributed by atoms with Gasteiger partial charge in [0.05, 0.1) is 13.7 Å². The van der Waals surface area contributed by atoms with Gasteiger partial charge >= 0.3 is 0 Å². The molecule has 2 rings (SSSR count). The summed E-state index contributed by atoms with van der Waals surface area (Å²) in [5, 5.41) is 13.3. The monoisotopic (exact) mass is 260 g/mol. The van der Waals surface area contributed by atoms with E-state index in [1.54, 1.807) is 31.4 Å². The summed E-state index contributed by atoms with van der Waals surface area (Å²) in [6, 6.07) is 6.86. The Balaban J connectivity index is 2.42. The third-order valence-corrected chi connectivity index (χ3v) is 2.86. The van der Waals surface area contributed by atoms with E-state index in [2.05, 4.69) is 10.3 Å². The third-order valence-electron chi connectivity index (χ3n) is 2.86. The molecule has 1 heterocycles. The number of hydrogen-bond donors (Lipinski definition) is 2. The Morgan fingerprint density at radius 2 is 2.05 bits per heavy atom. The first-order valence-electron chi connectivity index (χ1n) is 6.00. The van der Waals surface area contributed by atoms with E-state index in [4.69, 9.17) is 4.74 Å². The molecule has 19 heavy (non-hydrogen) atoms. The highest BCUT2D eigenvalue weighted by molar-refractivity contribution is 6.25. The summed E-state index contributed by atoms with van der Waals surface area (Å²) in [5.74, 6) is 0.864.